The Morgan fingerprint density at radius 1 is 1.35 bits per heavy atom. The highest BCUT2D eigenvalue weighted by Gasteiger charge is 2.18. The second-order valence-corrected chi connectivity index (χ2v) is 6.00. The zero-order valence-corrected chi connectivity index (χ0v) is 13.2. The Balaban J connectivity index is 1.97. The minimum atomic E-state index is -0.128. The molecule has 0 amide bonds. The van der Waals surface area contributed by atoms with Gasteiger partial charge in [-0.1, -0.05) is 23.2 Å². The average molecular weight is 318 g/mol. The Labute approximate surface area is 130 Å². The summed E-state index contributed by atoms with van der Waals surface area (Å²) in [7, 11) is 1.57. The lowest BCUT2D eigenvalue weighted by Gasteiger charge is -2.24. The molecule has 2 atom stereocenters. The molecule has 5 heteroatoms. The van der Waals surface area contributed by atoms with Crippen molar-refractivity contribution < 1.29 is 9.47 Å². The molecular formula is C15H21Cl2NO2. The summed E-state index contributed by atoms with van der Waals surface area (Å²) in [4.78, 5) is 0. The Kier molecular flexibility index (Phi) is 5.97. The Hall–Kier alpha value is -0.480. The largest absolute Gasteiger partial charge is 0.495 e. The van der Waals surface area contributed by atoms with Crippen LogP contribution in [0.1, 0.15) is 43.7 Å². The van der Waals surface area contributed by atoms with E-state index in [9.17, 15) is 0 Å². The van der Waals surface area contributed by atoms with Crippen LogP contribution < -0.4 is 10.5 Å². The molecule has 1 aromatic rings. The van der Waals surface area contributed by atoms with Crippen molar-refractivity contribution in [1.29, 1.82) is 0 Å². The lowest BCUT2D eigenvalue weighted by molar-refractivity contribution is 0.00912. The number of methoxy groups -OCH3 is 1. The fraction of sp³-hybridized carbons (Fsp3) is 0.600. The monoisotopic (exact) mass is 317 g/mol. The van der Waals surface area contributed by atoms with Crippen molar-refractivity contribution in [2.24, 2.45) is 5.73 Å². The molecule has 2 rings (SSSR count). The minimum Gasteiger partial charge on any atom is -0.495 e. The average Bonchev–Trinajstić information content (AvgIpc) is 2.47. The summed E-state index contributed by atoms with van der Waals surface area (Å²) in [5.74, 6) is 0.572. The number of rotatable bonds is 5. The van der Waals surface area contributed by atoms with Gasteiger partial charge >= 0.3 is 0 Å². The van der Waals surface area contributed by atoms with E-state index in [0.29, 0.717) is 21.9 Å². The standard InChI is InChI=1S/C15H21Cl2NO2/c1-19-15-9-12(16)11(8-13(15)17)14(18)6-5-10-4-2-3-7-20-10/h8-10,14H,2-7,18H2,1H3. The van der Waals surface area contributed by atoms with Crippen molar-refractivity contribution in [3.63, 3.8) is 0 Å². The van der Waals surface area contributed by atoms with Crippen molar-refractivity contribution in [3.8, 4) is 5.75 Å². The van der Waals surface area contributed by atoms with E-state index >= 15 is 0 Å². The van der Waals surface area contributed by atoms with E-state index in [0.717, 1.165) is 31.4 Å². The molecule has 1 heterocycles. The number of hydrogen-bond acceptors (Lipinski definition) is 3. The van der Waals surface area contributed by atoms with E-state index in [2.05, 4.69) is 0 Å². The third-order valence-electron chi connectivity index (χ3n) is 3.74. The summed E-state index contributed by atoms with van der Waals surface area (Å²) in [6, 6.07) is 3.39. The molecule has 0 aliphatic carbocycles. The normalized spacial score (nSPS) is 20.7. The van der Waals surface area contributed by atoms with Crippen LogP contribution in [0.15, 0.2) is 12.1 Å². The zero-order valence-electron chi connectivity index (χ0n) is 11.7. The smallest absolute Gasteiger partial charge is 0.138 e. The molecule has 0 aromatic heterocycles. The van der Waals surface area contributed by atoms with Crippen LogP contribution in [0.25, 0.3) is 0 Å². The summed E-state index contributed by atoms with van der Waals surface area (Å²) < 4.78 is 10.9. The molecule has 0 radical (unpaired) electrons. The first-order valence-corrected chi connectivity index (χ1v) is 7.77. The predicted octanol–water partition coefficient (Wildman–Crippen LogP) is 4.35. The van der Waals surface area contributed by atoms with Crippen LogP contribution >= 0.6 is 23.2 Å². The van der Waals surface area contributed by atoms with Crippen LogP contribution in [0.2, 0.25) is 10.0 Å². The molecule has 1 aromatic carbocycles. The molecule has 1 aliphatic rings. The van der Waals surface area contributed by atoms with Gasteiger partial charge in [-0.2, -0.15) is 0 Å². The lowest BCUT2D eigenvalue weighted by atomic mass is 9.98. The van der Waals surface area contributed by atoms with Gasteiger partial charge in [-0.15, -0.1) is 0 Å². The highest BCUT2D eigenvalue weighted by Crippen LogP contribution is 2.35. The van der Waals surface area contributed by atoms with Gasteiger partial charge < -0.3 is 15.2 Å². The van der Waals surface area contributed by atoms with E-state index in [1.165, 1.54) is 12.8 Å². The molecule has 20 heavy (non-hydrogen) atoms. The first-order chi connectivity index (χ1) is 9.61. The minimum absolute atomic E-state index is 0.128. The second kappa shape index (κ2) is 7.51. The van der Waals surface area contributed by atoms with Gasteiger partial charge in [0, 0.05) is 23.7 Å². The van der Waals surface area contributed by atoms with Crippen LogP contribution in [0.4, 0.5) is 0 Å². The fourth-order valence-electron chi connectivity index (χ4n) is 2.54. The number of ether oxygens (including phenoxy) is 2. The van der Waals surface area contributed by atoms with Crippen LogP contribution in [-0.4, -0.2) is 19.8 Å². The van der Waals surface area contributed by atoms with Crippen molar-refractivity contribution in [1.82, 2.24) is 0 Å². The predicted molar refractivity (Wildman–Crippen MR) is 82.8 cm³/mol. The lowest BCUT2D eigenvalue weighted by Crippen LogP contribution is -2.21. The molecule has 3 nitrogen and oxygen atoms in total. The summed E-state index contributed by atoms with van der Waals surface area (Å²) in [5, 5.41) is 1.14. The number of benzene rings is 1. The first-order valence-electron chi connectivity index (χ1n) is 7.02. The maximum atomic E-state index is 6.25. The SMILES string of the molecule is COc1cc(Cl)c(C(N)CCC2CCCCO2)cc1Cl. The molecule has 1 aliphatic heterocycles. The maximum Gasteiger partial charge on any atom is 0.138 e. The third kappa shape index (κ3) is 4.01. The molecular weight excluding hydrogens is 297 g/mol. The fourth-order valence-corrected chi connectivity index (χ4v) is 3.08. The highest BCUT2D eigenvalue weighted by molar-refractivity contribution is 6.34. The summed E-state index contributed by atoms with van der Waals surface area (Å²) in [5.41, 5.74) is 7.10. The Morgan fingerprint density at radius 2 is 2.15 bits per heavy atom. The van der Waals surface area contributed by atoms with Gasteiger partial charge in [-0.3, -0.25) is 0 Å². The zero-order chi connectivity index (χ0) is 14.5. The van der Waals surface area contributed by atoms with E-state index in [1.807, 2.05) is 0 Å². The Bertz CT molecular complexity index is 448. The van der Waals surface area contributed by atoms with E-state index in [-0.39, 0.29) is 6.04 Å². The number of hydrogen-bond donors (Lipinski definition) is 1. The van der Waals surface area contributed by atoms with E-state index in [4.69, 9.17) is 38.4 Å². The second-order valence-electron chi connectivity index (χ2n) is 5.18. The van der Waals surface area contributed by atoms with E-state index in [1.54, 1.807) is 19.2 Å². The molecule has 2 unspecified atom stereocenters. The highest BCUT2D eigenvalue weighted by atomic mass is 35.5. The van der Waals surface area contributed by atoms with Gasteiger partial charge in [0.25, 0.3) is 0 Å². The molecule has 112 valence electrons. The van der Waals surface area contributed by atoms with Crippen molar-refractivity contribution >= 4 is 23.2 Å². The van der Waals surface area contributed by atoms with Gasteiger partial charge in [0.15, 0.2) is 0 Å². The topological polar surface area (TPSA) is 44.5 Å². The summed E-state index contributed by atoms with van der Waals surface area (Å²) >= 11 is 12.4. The molecule has 0 spiro atoms. The molecule has 0 bridgehead atoms. The van der Waals surface area contributed by atoms with Crippen LogP contribution in [0.5, 0.6) is 5.75 Å². The quantitative estimate of drug-likeness (QED) is 0.878. The van der Waals surface area contributed by atoms with Gasteiger partial charge in [-0.05, 0) is 43.7 Å². The molecule has 0 saturated carbocycles. The van der Waals surface area contributed by atoms with Crippen molar-refractivity contribution in [2.45, 2.75) is 44.2 Å². The van der Waals surface area contributed by atoms with Crippen LogP contribution in [0, 0.1) is 0 Å². The van der Waals surface area contributed by atoms with Gasteiger partial charge in [-0.25, -0.2) is 0 Å². The summed E-state index contributed by atoms with van der Waals surface area (Å²) in [6.45, 7) is 0.870. The van der Waals surface area contributed by atoms with Crippen LogP contribution in [-0.2, 0) is 4.74 Å². The number of halogens is 2. The van der Waals surface area contributed by atoms with Gasteiger partial charge in [0.2, 0.25) is 0 Å². The first kappa shape index (κ1) is 15.9. The molecule has 2 N–H and O–H groups in total. The van der Waals surface area contributed by atoms with Crippen molar-refractivity contribution in [2.75, 3.05) is 13.7 Å². The summed E-state index contributed by atoms with van der Waals surface area (Å²) in [6.07, 6.45) is 5.68. The molecule has 1 saturated heterocycles. The Morgan fingerprint density at radius 3 is 2.80 bits per heavy atom. The maximum absolute atomic E-state index is 6.25. The van der Waals surface area contributed by atoms with E-state index < -0.39 is 0 Å². The number of nitrogens with two attached hydrogens (primary N) is 1. The van der Waals surface area contributed by atoms with Crippen LogP contribution in [0.3, 0.4) is 0 Å². The van der Waals surface area contributed by atoms with Gasteiger partial charge in [0.05, 0.1) is 18.2 Å². The van der Waals surface area contributed by atoms with Gasteiger partial charge in [0.1, 0.15) is 5.75 Å². The molecule has 1 fully saturated rings. The third-order valence-corrected chi connectivity index (χ3v) is 4.37. The van der Waals surface area contributed by atoms with Crippen molar-refractivity contribution in [3.05, 3.63) is 27.7 Å².